The van der Waals surface area contributed by atoms with Crippen molar-refractivity contribution in [3.8, 4) is 5.75 Å². The molecule has 1 atom stereocenters. The van der Waals surface area contributed by atoms with Crippen LogP contribution in [-0.2, 0) is 14.6 Å². The first-order chi connectivity index (χ1) is 11.9. The molecule has 5 nitrogen and oxygen atoms in total. The van der Waals surface area contributed by atoms with Crippen molar-refractivity contribution in [1.29, 1.82) is 0 Å². The van der Waals surface area contributed by atoms with E-state index in [9.17, 15) is 22.0 Å². The molecular formula is C17H19F2NO4S. The quantitative estimate of drug-likeness (QED) is 0.721. The minimum Gasteiger partial charge on any atom is -0.434 e. The molecule has 0 radical (unpaired) electrons. The first kappa shape index (κ1) is 17.8. The minimum atomic E-state index is -3.09. The second-order valence-electron chi connectivity index (χ2n) is 6.28. The van der Waals surface area contributed by atoms with Crippen LogP contribution in [0.2, 0.25) is 0 Å². The van der Waals surface area contributed by atoms with E-state index in [0.29, 0.717) is 12.0 Å². The number of hydrogen-bond donors (Lipinski definition) is 0. The average molecular weight is 371 g/mol. The number of amides is 1. The second kappa shape index (κ2) is 7.11. The van der Waals surface area contributed by atoms with Crippen LogP contribution in [0, 0.1) is 0 Å². The van der Waals surface area contributed by atoms with Crippen molar-refractivity contribution in [2.24, 2.45) is 0 Å². The summed E-state index contributed by atoms with van der Waals surface area (Å²) >= 11 is 0. The number of sulfone groups is 1. The van der Waals surface area contributed by atoms with E-state index in [1.165, 1.54) is 18.2 Å². The molecule has 3 rings (SSSR count). The van der Waals surface area contributed by atoms with Crippen molar-refractivity contribution in [2.75, 3.05) is 11.5 Å². The number of rotatable bonds is 6. The highest BCUT2D eigenvalue weighted by Crippen LogP contribution is 2.32. The van der Waals surface area contributed by atoms with Crippen LogP contribution in [0.15, 0.2) is 30.3 Å². The summed E-state index contributed by atoms with van der Waals surface area (Å²) < 4.78 is 52.7. The monoisotopic (exact) mass is 371 g/mol. The predicted octanol–water partition coefficient (Wildman–Crippen LogP) is 2.48. The van der Waals surface area contributed by atoms with Gasteiger partial charge in [-0.2, -0.15) is 8.78 Å². The van der Waals surface area contributed by atoms with Gasteiger partial charge in [0.25, 0.3) is 0 Å². The zero-order chi connectivity index (χ0) is 18.0. The van der Waals surface area contributed by atoms with E-state index in [2.05, 4.69) is 4.74 Å². The number of ether oxygens (including phenoxy) is 1. The fourth-order valence-corrected chi connectivity index (χ4v) is 4.79. The number of hydrogen-bond acceptors (Lipinski definition) is 4. The molecule has 0 spiro atoms. The Hall–Kier alpha value is -1.96. The fraction of sp³-hybridized carbons (Fsp3) is 0.471. The van der Waals surface area contributed by atoms with Crippen LogP contribution in [0.25, 0.3) is 6.08 Å². The summed E-state index contributed by atoms with van der Waals surface area (Å²) in [5, 5.41) is 0. The Bertz CT molecular complexity index is 775. The van der Waals surface area contributed by atoms with Crippen LogP contribution >= 0.6 is 0 Å². The van der Waals surface area contributed by atoms with Gasteiger partial charge in [0.05, 0.1) is 11.5 Å². The van der Waals surface area contributed by atoms with Crippen molar-refractivity contribution in [2.45, 2.75) is 38.0 Å². The topological polar surface area (TPSA) is 63.7 Å². The molecule has 2 fully saturated rings. The lowest BCUT2D eigenvalue weighted by molar-refractivity contribution is -0.128. The van der Waals surface area contributed by atoms with E-state index in [4.69, 9.17) is 0 Å². The molecule has 8 heteroatoms. The molecule has 136 valence electrons. The Labute approximate surface area is 145 Å². The summed E-state index contributed by atoms with van der Waals surface area (Å²) in [6.07, 6.45) is 4.90. The van der Waals surface area contributed by atoms with Crippen LogP contribution in [0.5, 0.6) is 5.75 Å². The Morgan fingerprint density at radius 2 is 1.92 bits per heavy atom. The van der Waals surface area contributed by atoms with Crippen molar-refractivity contribution in [3.63, 3.8) is 0 Å². The zero-order valence-electron chi connectivity index (χ0n) is 13.5. The number of carbonyl (C=O) groups excluding carboxylic acids is 1. The van der Waals surface area contributed by atoms with Crippen molar-refractivity contribution < 1.29 is 26.7 Å². The van der Waals surface area contributed by atoms with Gasteiger partial charge in [-0.3, -0.25) is 4.79 Å². The highest BCUT2D eigenvalue weighted by molar-refractivity contribution is 7.91. The van der Waals surface area contributed by atoms with Gasteiger partial charge < -0.3 is 9.64 Å². The molecule has 1 aromatic rings. The van der Waals surface area contributed by atoms with Gasteiger partial charge in [-0.25, -0.2) is 8.42 Å². The summed E-state index contributed by atoms with van der Waals surface area (Å²) in [6, 6.07) is 5.97. The van der Waals surface area contributed by atoms with E-state index in [-0.39, 0.29) is 35.2 Å². The van der Waals surface area contributed by atoms with Gasteiger partial charge in [-0.05, 0) is 31.4 Å². The van der Waals surface area contributed by atoms with E-state index >= 15 is 0 Å². The number of alkyl halides is 2. The van der Waals surface area contributed by atoms with E-state index in [0.717, 1.165) is 12.8 Å². The van der Waals surface area contributed by atoms with Crippen LogP contribution in [-0.4, -0.2) is 49.4 Å². The van der Waals surface area contributed by atoms with Crippen LogP contribution in [0.1, 0.15) is 24.8 Å². The molecule has 1 heterocycles. The molecule has 1 saturated heterocycles. The molecule has 1 aliphatic heterocycles. The van der Waals surface area contributed by atoms with Gasteiger partial charge in [0, 0.05) is 23.7 Å². The third kappa shape index (κ3) is 4.56. The van der Waals surface area contributed by atoms with E-state index in [1.54, 1.807) is 23.1 Å². The Morgan fingerprint density at radius 1 is 1.20 bits per heavy atom. The van der Waals surface area contributed by atoms with Crippen LogP contribution in [0.3, 0.4) is 0 Å². The maximum atomic E-state index is 12.6. The first-order valence-corrected chi connectivity index (χ1v) is 9.92. The van der Waals surface area contributed by atoms with Crippen LogP contribution < -0.4 is 4.74 Å². The molecule has 1 aliphatic carbocycles. The lowest BCUT2D eigenvalue weighted by atomic mass is 10.1. The Morgan fingerprint density at radius 3 is 2.52 bits per heavy atom. The number of carbonyl (C=O) groups is 1. The molecule has 0 bridgehead atoms. The lowest BCUT2D eigenvalue weighted by Crippen LogP contribution is -2.41. The van der Waals surface area contributed by atoms with Gasteiger partial charge in [0.1, 0.15) is 5.75 Å². The third-order valence-electron chi connectivity index (χ3n) is 4.34. The van der Waals surface area contributed by atoms with Crippen molar-refractivity contribution in [3.05, 3.63) is 35.9 Å². The van der Waals surface area contributed by atoms with Gasteiger partial charge in [0.15, 0.2) is 9.84 Å². The molecule has 1 unspecified atom stereocenters. The van der Waals surface area contributed by atoms with Crippen LogP contribution in [0.4, 0.5) is 8.78 Å². The fourth-order valence-electron chi connectivity index (χ4n) is 3.07. The number of benzene rings is 1. The molecule has 25 heavy (non-hydrogen) atoms. The first-order valence-electron chi connectivity index (χ1n) is 8.10. The van der Waals surface area contributed by atoms with Gasteiger partial charge in [-0.15, -0.1) is 0 Å². The predicted molar refractivity (Wildman–Crippen MR) is 89.0 cm³/mol. The largest absolute Gasteiger partial charge is 0.434 e. The zero-order valence-corrected chi connectivity index (χ0v) is 14.3. The van der Waals surface area contributed by atoms with Crippen molar-refractivity contribution >= 4 is 21.8 Å². The number of nitrogens with zero attached hydrogens (tertiary/aromatic N) is 1. The maximum absolute atomic E-state index is 12.6. The molecule has 1 amide bonds. The molecular weight excluding hydrogens is 352 g/mol. The molecule has 1 aromatic carbocycles. The van der Waals surface area contributed by atoms with Gasteiger partial charge in [-0.1, -0.05) is 18.2 Å². The second-order valence-corrected chi connectivity index (χ2v) is 8.51. The number of para-hydroxylation sites is 1. The van der Waals surface area contributed by atoms with Gasteiger partial charge in [0.2, 0.25) is 5.91 Å². The molecule has 1 saturated carbocycles. The van der Waals surface area contributed by atoms with Crippen molar-refractivity contribution in [1.82, 2.24) is 4.90 Å². The average Bonchev–Trinajstić information content (AvgIpc) is 3.30. The normalized spacial score (nSPS) is 22.4. The Balaban J connectivity index is 1.75. The smallest absolute Gasteiger partial charge is 0.387 e. The standard InChI is InChI=1S/C17H19F2NO4S/c18-17(19)24-15-4-2-1-3-12(15)5-8-16(21)20(13-6-7-13)14-9-10-25(22,23)11-14/h1-5,8,13-14,17H,6-7,9-11H2. The molecule has 2 aliphatic rings. The molecule has 0 aromatic heterocycles. The lowest BCUT2D eigenvalue weighted by Gasteiger charge is -2.27. The Kier molecular flexibility index (Phi) is 5.08. The number of halogens is 2. The van der Waals surface area contributed by atoms with E-state index < -0.39 is 16.4 Å². The SMILES string of the molecule is O=C(C=Cc1ccccc1OC(F)F)N(C1CC1)C1CCS(=O)(=O)C1. The highest BCUT2D eigenvalue weighted by atomic mass is 32.2. The summed E-state index contributed by atoms with van der Waals surface area (Å²) in [4.78, 5) is 14.2. The van der Waals surface area contributed by atoms with E-state index in [1.807, 2.05) is 0 Å². The summed E-state index contributed by atoms with van der Waals surface area (Å²) in [5.41, 5.74) is 0.367. The third-order valence-corrected chi connectivity index (χ3v) is 6.09. The summed E-state index contributed by atoms with van der Waals surface area (Å²) in [6.45, 7) is -2.95. The highest BCUT2D eigenvalue weighted by Gasteiger charge is 2.41. The van der Waals surface area contributed by atoms with Gasteiger partial charge >= 0.3 is 6.61 Å². The molecule has 0 N–H and O–H groups in total. The minimum absolute atomic E-state index is 0.00579. The summed E-state index contributed by atoms with van der Waals surface area (Å²) in [5.74, 6) is -0.212. The maximum Gasteiger partial charge on any atom is 0.387 e. The summed E-state index contributed by atoms with van der Waals surface area (Å²) in [7, 11) is -3.09.